The molecule has 0 fully saturated rings. The molecule has 0 unspecified atom stereocenters. The average molecular weight is 526 g/mol. The highest BCUT2D eigenvalue weighted by molar-refractivity contribution is 6.42. The predicted molar refractivity (Wildman–Crippen MR) is 148 cm³/mol. The molecule has 0 aliphatic carbocycles. The quantitative estimate of drug-likeness (QED) is 0.288. The number of carbonyl (C=O) groups excluding carboxylic acids is 2. The van der Waals surface area contributed by atoms with Crippen molar-refractivity contribution in [2.24, 2.45) is 0 Å². The van der Waals surface area contributed by atoms with Crippen molar-refractivity contribution in [2.75, 3.05) is 6.54 Å². The van der Waals surface area contributed by atoms with E-state index in [2.05, 4.69) is 36.5 Å². The lowest BCUT2D eigenvalue weighted by molar-refractivity contribution is -0.141. The van der Waals surface area contributed by atoms with E-state index in [4.69, 9.17) is 23.2 Å². The van der Waals surface area contributed by atoms with Crippen LogP contribution < -0.4 is 5.32 Å². The van der Waals surface area contributed by atoms with Crippen molar-refractivity contribution in [1.29, 1.82) is 0 Å². The van der Waals surface area contributed by atoms with E-state index in [0.717, 1.165) is 29.5 Å². The first-order chi connectivity index (χ1) is 17.4. The van der Waals surface area contributed by atoms with Gasteiger partial charge in [0.05, 0.1) is 10.0 Å². The van der Waals surface area contributed by atoms with Crippen LogP contribution in [0.4, 0.5) is 0 Å². The van der Waals surface area contributed by atoms with Gasteiger partial charge in [0, 0.05) is 25.9 Å². The van der Waals surface area contributed by atoms with E-state index in [1.807, 2.05) is 43.3 Å². The van der Waals surface area contributed by atoms with Crippen LogP contribution >= 0.6 is 23.2 Å². The third kappa shape index (κ3) is 8.11. The van der Waals surface area contributed by atoms with Crippen molar-refractivity contribution in [3.63, 3.8) is 0 Å². The van der Waals surface area contributed by atoms with Gasteiger partial charge in [-0.05, 0) is 53.6 Å². The van der Waals surface area contributed by atoms with Crippen LogP contribution in [0.2, 0.25) is 10.0 Å². The molecule has 190 valence electrons. The van der Waals surface area contributed by atoms with Gasteiger partial charge in [-0.25, -0.2) is 0 Å². The maximum absolute atomic E-state index is 13.7. The minimum Gasteiger partial charge on any atom is -0.354 e. The molecule has 1 N–H and O–H groups in total. The molecular weight excluding hydrogens is 491 g/mol. The van der Waals surface area contributed by atoms with Crippen molar-refractivity contribution in [3.05, 3.63) is 105 Å². The second-order valence-electron chi connectivity index (χ2n) is 8.94. The summed E-state index contributed by atoms with van der Waals surface area (Å²) in [4.78, 5) is 28.7. The summed E-state index contributed by atoms with van der Waals surface area (Å²) in [6.45, 7) is 4.95. The minimum atomic E-state index is -0.650. The van der Waals surface area contributed by atoms with Crippen LogP contribution in [0, 0.1) is 0 Å². The molecule has 36 heavy (non-hydrogen) atoms. The van der Waals surface area contributed by atoms with Gasteiger partial charge >= 0.3 is 0 Å². The molecule has 0 radical (unpaired) electrons. The number of nitrogens with zero attached hydrogens (tertiary/aromatic N) is 1. The van der Waals surface area contributed by atoms with Gasteiger partial charge in [0.2, 0.25) is 11.8 Å². The molecule has 0 aliphatic heterocycles. The van der Waals surface area contributed by atoms with E-state index in [0.29, 0.717) is 35.9 Å². The standard InChI is InChI=1S/C30H34Cl2N2O2/c1-3-18-33-30(36)28(20-24-8-6-5-7-9-24)34(21-25-14-16-26(31)27(32)19-25)29(35)17-15-23-12-10-22(4-2)11-13-23/h5-14,16,19,28H,3-4,15,17-18,20-21H2,1-2H3,(H,33,36)/t28-/m0/s1. The van der Waals surface area contributed by atoms with E-state index in [1.165, 1.54) is 5.56 Å². The average Bonchev–Trinajstić information content (AvgIpc) is 2.90. The Morgan fingerprint density at radius 3 is 2.14 bits per heavy atom. The molecular formula is C30H34Cl2N2O2. The molecule has 0 aromatic heterocycles. The highest BCUT2D eigenvalue weighted by Crippen LogP contribution is 2.25. The fourth-order valence-corrected chi connectivity index (χ4v) is 4.41. The molecule has 3 rings (SSSR count). The van der Waals surface area contributed by atoms with Crippen LogP contribution in [0.3, 0.4) is 0 Å². The first-order valence-corrected chi connectivity index (χ1v) is 13.3. The number of amides is 2. The molecule has 3 aromatic carbocycles. The number of hydrogen-bond donors (Lipinski definition) is 1. The number of carbonyl (C=O) groups is 2. The number of aryl methyl sites for hydroxylation is 2. The number of halogens is 2. The Labute approximate surface area is 224 Å². The number of nitrogens with one attached hydrogen (secondary N) is 1. The summed E-state index contributed by atoms with van der Waals surface area (Å²) in [6, 6.07) is 22.8. The largest absolute Gasteiger partial charge is 0.354 e. The van der Waals surface area contributed by atoms with Crippen molar-refractivity contribution in [3.8, 4) is 0 Å². The SMILES string of the molecule is CCCNC(=O)[C@H](Cc1ccccc1)N(Cc1ccc(Cl)c(Cl)c1)C(=O)CCc1ccc(CC)cc1. The fourth-order valence-electron chi connectivity index (χ4n) is 4.09. The van der Waals surface area contributed by atoms with Gasteiger partial charge in [-0.3, -0.25) is 9.59 Å². The van der Waals surface area contributed by atoms with Crippen molar-refractivity contribution < 1.29 is 9.59 Å². The lowest BCUT2D eigenvalue weighted by Crippen LogP contribution is -2.50. The second-order valence-corrected chi connectivity index (χ2v) is 9.75. The van der Waals surface area contributed by atoms with E-state index >= 15 is 0 Å². The Morgan fingerprint density at radius 1 is 0.833 bits per heavy atom. The van der Waals surface area contributed by atoms with E-state index in [-0.39, 0.29) is 18.4 Å². The van der Waals surface area contributed by atoms with Crippen LogP contribution in [-0.2, 0) is 35.4 Å². The Hall–Kier alpha value is -2.82. The summed E-state index contributed by atoms with van der Waals surface area (Å²) in [5.41, 5.74) is 4.19. The molecule has 0 heterocycles. The number of rotatable bonds is 12. The van der Waals surface area contributed by atoms with Crippen molar-refractivity contribution in [1.82, 2.24) is 10.2 Å². The summed E-state index contributed by atoms with van der Waals surface area (Å²) in [5.74, 6) is -0.227. The molecule has 0 bridgehead atoms. The molecule has 4 nitrogen and oxygen atoms in total. The Balaban J connectivity index is 1.89. The van der Waals surface area contributed by atoms with E-state index in [9.17, 15) is 9.59 Å². The highest BCUT2D eigenvalue weighted by Gasteiger charge is 2.30. The smallest absolute Gasteiger partial charge is 0.243 e. The first-order valence-electron chi connectivity index (χ1n) is 12.5. The summed E-state index contributed by atoms with van der Waals surface area (Å²) in [5, 5.41) is 3.88. The molecule has 0 spiro atoms. The summed E-state index contributed by atoms with van der Waals surface area (Å²) < 4.78 is 0. The zero-order valence-corrected chi connectivity index (χ0v) is 22.5. The minimum absolute atomic E-state index is 0.0757. The zero-order valence-electron chi connectivity index (χ0n) is 21.0. The predicted octanol–water partition coefficient (Wildman–Crippen LogP) is 6.65. The summed E-state index contributed by atoms with van der Waals surface area (Å²) in [6.07, 6.45) is 3.13. The highest BCUT2D eigenvalue weighted by atomic mass is 35.5. The molecule has 3 aromatic rings. The molecule has 1 atom stereocenters. The molecule has 0 saturated heterocycles. The Kier molecular flexibility index (Phi) is 10.8. The fraction of sp³-hybridized carbons (Fsp3) is 0.333. The van der Waals surface area contributed by atoms with Gasteiger partial charge in [0.1, 0.15) is 6.04 Å². The lowest BCUT2D eigenvalue weighted by Gasteiger charge is -2.32. The van der Waals surface area contributed by atoms with Gasteiger partial charge in [-0.1, -0.05) is 97.7 Å². The Morgan fingerprint density at radius 2 is 1.50 bits per heavy atom. The van der Waals surface area contributed by atoms with Crippen LogP contribution in [-0.4, -0.2) is 29.3 Å². The summed E-state index contributed by atoms with van der Waals surface area (Å²) >= 11 is 12.4. The topological polar surface area (TPSA) is 49.4 Å². The number of hydrogen-bond acceptors (Lipinski definition) is 2. The van der Waals surface area contributed by atoms with Gasteiger partial charge in [0.15, 0.2) is 0 Å². The first kappa shape index (κ1) is 27.8. The summed E-state index contributed by atoms with van der Waals surface area (Å²) in [7, 11) is 0. The van der Waals surface area contributed by atoms with Gasteiger partial charge in [0.25, 0.3) is 0 Å². The maximum atomic E-state index is 13.7. The van der Waals surface area contributed by atoms with Crippen LogP contribution in [0.1, 0.15) is 48.9 Å². The molecule has 2 amide bonds. The van der Waals surface area contributed by atoms with Crippen molar-refractivity contribution >= 4 is 35.0 Å². The van der Waals surface area contributed by atoms with E-state index in [1.54, 1.807) is 17.0 Å². The van der Waals surface area contributed by atoms with Crippen LogP contribution in [0.15, 0.2) is 72.8 Å². The third-order valence-corrected chi connectivity index (χ3v) is 6.96. The lowest BCUT2D eigenvalue weighted by atomic mass is 10.0. The monoisotopic (exact) mass is 524 g/mol. The zero-order chi connectivity index (χ0) is 25.9. The van der Waals surface area contributed by atoms with Gasteiger partial charge in [-0.2, -0.15) is 0 Å². The number of benzene rings is 3. The Bertz CT molecular complexity index is 1130. The molecule has 0 aliphatic rings. The van der Waals surface area contributed by atoms with Crippen molar-refractivity contribution in [2.45, 2.75) is 58.5 Å². The maximum Gasteiger partial charge on any atom is 0.243 e. The normalized spacial score (nSPS) is 11.7. The van der Waals surface area contributed by atoms with E-state index < -0.39 is 6.04 Å². The second kappa shape index (κ2) is 14.1. The molecule has 6 heteroatoms. The third-order valence-electron chi connectivity index (χ3n) is 6.22. The van der Waals surface area contributed by atoms with Gasteiger partial charge in [-0.15, -0.1) is 0 Å². The van der Waals surface area contributed by atoms with Crippen LogP contribution in [0.25, 0.3) is 0 Å². The van der Waals surface area contributed by atoms with Crippen LogP contribution in [0.5, 0.6) is 0 Å². The van der Waals surface area contributed by atoms with Gasteiger partial charge < -0.3 is 10.2 Å². The molecule has 0 saturated carbocycles.